The van der Waals surface area contributed by atoms with E-state index >= 15 is 0 Å². The zero-order valence-electron chi connectivity index (χ0n) is 12.4. The number of rotatable bonds is 3. The average molecular weight is 257 g/mol. The smallest absolute Gasteiger partial charge is 0.00675 e. The van der Waals surface area contributed by atoms with Gasteiger partial charge in [0, 0.05) is 18.5 Å². The summed E-state index contributed by atoms with van der Waals surface area (Å²) in [6, 6.07) is 9.69. The highest BCUT2D eigenvalue weighted by atomic mass is 14.9. The maximum absolute atomic E-state index is 3.84. The van der Waals surface area contributed by atoms with E-state index in [4.69, 9.17) is 0 Å². The zero-order valence-corrected chi connectivity index (χ0v) is 12.4. The molecule has 1 aromatic rings. The van der Waals surface area contributed by atoms with Crippen LogP contribution in [0.4, 0.5) is 0 Å². The lowest BCUT2D eigenvalue weighted by atomic mass is 9.77. The third-order valence-corrected chi connectivity index (χ3v) is 5.19. The van der Waals surface area contributed by atoms with Crippen LogP contribution in [0.15, 0.2) is 24.3 Å². The topological polar surface area (TPSA) is 12.0 Å². The van der Waals surface area contributed by atoms with Crippen molar-refractivity contribution in [3.05, 3.63) is 35.4 Å². The van der Waals surface area contributed by atoms with Crippen molar-refractivity contribution in [2.45, 2.75) is 64.3 Å². The second-order valence-electron chi connectivity index (χ2n) is 7.30. The number of nitrogens with one attached hydrogen (secondary N) is 1. The van der Waals surface area contributed by atoms with Crippen LogP contribution in [0.5, 0.6) is 0 Å². The van der Waals surface area contributed by atoms with E-state index in [1.54, 1.807) is 11.1 Å². The van der Waals surface area contributed by atoms with E-state index in [2.05, 4.69) is 43.4 Å². The quantitative estimate of drug-likeness (QED) is 0.797. The van der Waals surface area contributed by atoms with E-state index in [0.717, 1.165) is 12.0 Å². The predicted molar refractivity (Wildman–Crippen MR) is 81.5 cm³/mol. The Morgan fingerprint density at radius 1 is 1.16 bits per heavy atom. The van der Waals surface area contributed by atoms with Crippen molar-refractivity contribution >= 4 is 0 Å². The van der Waals surface area contributed by atoms with Crippen LogP contribution in [-0.4, -0.2) is 12.6 Å². The third kappa shape index (κ3) is 3.02. The van der Waals surface area contributed by atoms with Gasteiger partial charge in [-0.15, -0.1) is 0 Å². The number of hydrogen-bond donors (Lipinski definition) is 1. The Bertz CT molecular complexity index is 435. The molecule has 104 valence electrons. The fraction of sp³-hybridized carbons (Fsp3) is 0.667. The Balaban J connectivity index is 1.49. The zero-order chi connectivity index (χ0) is 13.3. The van der Waals surface area contributed by atoms with Crippen molar-refractivity contribution in [3.63, 3.8) is 0 Å². The lowest BCUT2D eigenvalue weighted by Gasteiger charge is -2.32. The van der Waals surface area contributed by atoms with Crippen LogP contribution in [0.25, 0.3) is 0 Å². The number of fused-ring (bicyclic) bond motifs is 1. The molecule has 19 heavy (non-hydrogen) atoms. The normalized spacial score (nSPS) is 29.2. The monoisotopic (exact) mass is 257 g/mol. The molecule has 2 unspecified atom stereocenters. The molecule has 0 saturated heterocycles. The first-order chi connectivity index (χ1) is 9.14. The van der Waals surface area contributed by atoms with Crippen molar-refractivity contribution in [1.82, 2.24) is 5.32 Å². The fourth-order valence-corrected chi connectivity index (χ4v) is 3.72. The van der Waals surface area contributed by atoms with Gasteiger partial charge in [-0.2, -0.15) is 0 Å². The molecule has 0 amide bonds. The first-order valence-electron chi connectivity index (χ1n) is 7.95. The molecule has 2 aliphatic carbocycles. The molecule has 3 rings (SSSR count). The Kier molecular flexibility index (Phi) is 3.66. The van der Waals surface area contributed by atoms with Crippen molar-refractivity contribution in [1.29, 1.82) is 0 Å². The summed E-state index contributed by atoms with van der Waals surface area (Å²) in [6.07, 6.45) is 8.19. The summed E-state index contributed by atoms with van der Waals surface area (Å²) in [7, 11) is 0. The molecule has 0 aromatic heterocycles. The molecule has 0 bridgehead atoms. The molecular weight excluding hydrogens is 230 g/mol. The Morgan fingerprint density at radius 2 is 2.00 bits per heavy atom. The summed E-state index contributed by atoms with van der Waals surface area (Å²) < 4.78 is 0. The van der Waals surface area contributed by atoms with Crippen molar-refractivity contribution in [3.8, 4) is 0 Å². The highest BCUT2D eigenvalue weighted by Crippen LogP contribution is 2.36. The van der Waals surface area contributed by atoms with Crippen LogP contribution in [0.1, 0.15) is 63.0 Å². The molecule has 1 saturated carbocycles. The van der Waals surface area contributed by atoms with Crippen molar-refractivity contribution < 1.29 is 0 Å². The Morgan fingerprint density at radius 3 is 2.84 bits per heavy atom. The minimum Gasteiger partial charge on any atom is -0.313 e. The second-order valence-corrected chi connectivity index (χ2v) is 7.30. The van der Waals surface area contributed by atoms with Crippen LogP contribution in [0.3, 0.4) is 0 Å². The highest BCUT2D eigenvalue weighted by molar-refractivity contribution is 5.40. The molecule has 0 aliphatic heterocycles. The van der Waals surface area contributed by atoms with E-state index in [1.165, 1.54) is 45.1 Å². The largest absolute Gasteiger partial charge is 0.313 e. The minimum absolute atomic E-state index is 0.569. The lowest BCUT2D eigenvalue weighted by molar-refractivity contribution is 0.309. The highest BCUT2D eigenvalue weighted by Gasteiger charge is 2.27. The SMILES string of the molecule is CC1(C)CCCC(NCC2Cc3ccccc32)CC1. The van der Waals surface area contributed by atoms with Crippen LogP contribution in [0.2, 0.25) is 0 Å². The number of benzene rings is 1. The van der Waals surface area contributed by atoms with E-state index in [-0.39, 0.29) is 0 Å². The van der Waals surface area contributed by atoms with Gasteiger partial charge in [0.15, 0.2) is 0 Å². The van der Waals surface area contributed by atoms with E-state index in [1.807, 2.05) is 0 Å². The Labute approximate surface area is 117 Å². The van der Waals surface area contributed by atoms with E-state index in [0.29, 0.717) is 5.41 Å². The molecule has 1 heteroatoms. The summed E-state index contributed by atoms with van der Waals surface area (Å²) >= 11 is 0. The molecule has 0 heterocycles. The second kappa shape index (κ2) is 5.28. The number of hydrogen-bond acceptors (Lipinski definition) is 1. The maximum Gasteiger partial charge on any atom is 0.00675 e. The fourth-order valence-electron chi connectivity index (χ4n) is 3.72. The van der Waals surface area contributed by atoms with Crippen LogP contribution >= 0.6 is 0 Å². The first kappa shape index (κ1) is 13.2. The molecular formula is C18H27N. The standard InChI is InChI=1S/C18H27N/c1-18(2)10-5-7-16(9-11-18)19-13-15-12-14-6-3-4-8-17(14)15/h3-4,6,8,15-16,19H,5,7,9-13H2,1-2H3. The summed E-state index contributed by atoms with van der Waals surface area (Å²) in [5, 5.41) is 3.84. The van der Waals surface area contributed by atoms with Crippen molar-refractivity contribution in [2.24, 2.45) is 5.41 Å². The molecule has 2 atom stereocenters. The average Bonchev–Trinajstić information content (AvgIpc) is 2.52. The molecule has 2 aliphatic rings. The van der Waals surface area contributed by atoms with Gasteiger partial charge in [0.2, 0.25) is 0 Å². The van der Waals surface area contributed by atoms with Gasteiger partial charge in [-0.05, 0) is 48.6 Å². The summed E-state index contributed by atoms with van der Waals surface area (Å²) in [5.41, 5.74) is 3.72. The third-order valence-electron chi connectivity index (χ3n) is 5.19. The Hall–Kier alpha value is -0.820. The maximum atomic E-state index is 3.84. The van der Waals surface area contributed by atoms with Crippen LogP contribution in [-0.2, 0) is 6.42 Å². The van der Waals surface area contributed by atoms with E-state index in [9.17, 15) is 0 Å². The molecule has 1 nitrogen and oxygen atoms in total. The predicted octanol–water partition coefficient (Wildman–Crippen LogP) is 4.27. The van der Waals surface area contributed by atoms with Gasteiger partial charge in [-0.3, -0.25) is 0 Å². The molecule has 1 aromatic carbocycles. The van der Waals surface area contributed by atoms with Gasteiger partial charge in [0.25, 0.3) is 0 Å². The molecule has 1 N–H and O–H groups in total. The van der Waals surface area contributed by atoms with Gasteiger partial charge < -0.3 is 5.32 Å². The van der Waals surface area contributed by atoms with Gasteiger partial charge >= 0.3 is 0 Å². The van der Waals surface area contributed by atoms with Crippen LogP contribution in [0, 0.1) is 5.41 Å². The van der Waals surface area contributed by atoms with Gasteiger partial charge in [0.1, 0.15) is 0 Å². The summed E-state index contributed by atoms with van der Waals surface area (Å²) in [6.45, 7) is 6.04. The summed E-state index contributed by atoms with van der Waals surface area (Å²) in [5.74, 6) is 0.771. The first-order valence-corrected chi connectivity index (χ1v) is 7.95. The molecule has 0 spiro atoms. The van der Waals surface area contributed by atoms with Gasteiger partial charge in [-0.1, -0.05) is 44.5 Å². The van der Waals surface area contributed by atoms with Crippen LogP contribution < -0.4 is 5.32 Å². The minimum atomic E-state index is 0.569. The molecule has 0 radical (unpaired) electrons. The van der Waals surface area contributed by atoms with Crippen molar-refractivity contribution in [2.75, 3.05) is 6.54 Å². The molecule has 1 fully saturated rings. The van der Waals surface area contributed by atoms with Gasteiger partial charge in [0.05, 0.1) is 0 Å². The lowest BCUT2D eigenvalue weighted by Crippen LogP contribution is -2.36. The van der Waals surface area contributed by atoms with E-state index < -0.39 is 0 Å². The summed E-state index contributed by atoms with van der Waals surface area (Å²) in [4.78, 5) is 0. The van der Waals surface area contributed by atoms with Gasteiger partial charge in [-0.25, -0.2) is 0 Å².